The molecule has 2 aliphatic heterocycles. The van der Waals surface area contributed by atoms with Crippen molar-refractivity contribution in [3.8, 4) is 0 Å². The van der Waals surface area contributed by atoms with Crippen LogP contribution in [0.25, 0.3) is 0 Å². The molecule has 1 amide bonds. The molecule has 21 heavy (non-hydrogen) atoms. The molecule has 3 aliphatic rings. The molecule has 0 bridgehead atoms. The number of rotatable bonds is 3. The van der Waals surface area contributed by atoms with Crippen LogP contribution in [0.5, 0.6) is 0 Å². The van der Waals surface area contributed by atoms with Crippen LogP contribution >= 0.6 is 0 Å². The Labute approximate surface area is 126 Å². The number of carbonyl (C=O) groups is 2. The van der Waals surface area contributed by atoms with Crippen molar-refractivity contribution in [2.75, 3.05) is 26.2 Å². The van der Waals surface area contributed by atoms with Crippen molar-refractivity contribution >= 4 is 11.9 Å². The number of nitrogens with zero attached hydrogens (tertiary/aromatic N) is 1. The monoisotopic (exact) mass is 294 g/mol. The smallest absolute Gasteiger partial charge is 0.309 e. The number of hydrogen-bond donors (Lipinski definition) is 2. The van der Waals surface area contributed by atoms with E-state index in [0.29, 0.717) is 32.4 Å². The standard InChI is InChI=1S/C16H26N2O3/c1-2-15(14(20)21)5-9-18(10-6-15)13(19)12-11-16(12)3-7-17-8-4-16/h12,17H,2-11H2,1H3,(H,20,21). The predicted molar refractivity (Wildman–Crippen MR) is 78.8 cm³/mol. The van der Waals surface area contributed by atoms with Gasteiger partial charge < -0.3 is 15.3 Å². The van der Waals surface area contributed by atoms with Crippen molar-refractivity contribution in [2.45, 2.75) is 45.4 Å². The second kappa shape index (κ2) is 5.27. The van der Waals surface area contributed by atoms with Crippen LogP contribution < -0.4 is 5.32 Å². The van der Waals surface area contributed by atoms with Gasteiger partial charge in [0.15, 0.2) is 0 Å². The van der Waals surface area contributed by atoms with Gasteiger partial charge in [-0.05, 0) is 57.0 Å². The van der Waals surface area contributed by atoms with Gasteiger partial charge in [0.25, 0.3) is 0 Å². The molecule has 0 aromatic rings. The van der Waals surface area contributed by atoms with Crippen LogP contribution in [0.1, 0.15) is 45.4 Å². The highest BCUT2D eigenvalue weighted by Crippen LogP contribution is 2.59. The zero-order valence-electron chi connectivity index (χ0n) is 12.9. The van der Waals surface area contributed by atoms with E-state index < -0.39 is 11.4 Å². The second-order valence-corrected chi connectivity index (χ2v) is 7.13. The fourth-order valence-corrected chi connectivity index (χ4v) is 4.27. The normalized spacial score (nSPS) is 30.1. The van der Waals surface area contributed by atoms with Gasteiger partial charge in [0.1, 0.15) is 0 Å². The Morgan fingerprint density at radius 1 is 1.19 bits per heavy atom. The summed E-state index contributed by atoms with van der Waals surface area (Å²) >= 11 is 0. The lowest BCUT2D eigenvalue weighted by Crippen LogP contribution is -2.47. The van der Waals surface area contributed by atoms with E-state index in [0.717, 1.165) is 32.4 Å². The zero-order chi connectivity index (χ0) is 15.1. The largest absolute Gasteiger partial charge is 0.481 e. The van der Waals surface area contributed by atoms with Crippen molar-refractivity contribution in [3.05, 3.63) is 0 Å². The van der Waals surface area contributed by atoms with Gasteiger partial charge in [-0.25, -0.2) is 0 Å². The number of aliphatic carboxylic acids is 1. The Balaban J connectivity index is 1.58. The highest BCUT2D eigenvalue weighted by Gasteiger charge is 2.59. The molecule has 1 saturated carbocycles. The molecule has 118 valence electrons. The lowest BCUT2D eigenvalue weighted by atomic mass is 9.76. The number of piperidine rings is 2. The van der Waals surface area contributed by atoms with Crippen LogP contribution in [0.2, 0.25) is 0 Å². The van der Waals surface area contributed by atoms with E-state index in [1.165, 1.54) is 0 Å². The number of likely N-dealkylation sites (tertiary alicyclic amines) is 1. The molecule has 3 rings (SSSR count). The summed E-state index contributed by atoms with van der Waals surface area (Å²) in [7, 11) is 0. The van der Waals surface area contributed by atoms with Crippen LogP contribution in [0.15, 0.2) is 0 Å². The fourth-order valence-electron chi connectivity index (χ4n) is 4.27. The van der Waals surface area contributed by atoms with Crippen molar-refractivity contribution in [1.29, 1.82) is 0 Å². The number of amides is 1. The van der Waals surface area contributed by atoms with Gasteiger partial charge in [0.2, 0.25) is 5.91 Å². The maximum atomic E-state index is 12.7. The average Bonchev–Trinajstić information content (AvgIpc) is 3.20. The first-order chi connectivity index (χ1) is 10.0. The Morgan fingerprint density at radius 3 is 2.33 bits per heavy atom. The predicted octanol–water partition coefficient (Wildman–Crippen LogP) is 1.48. The molecule has 2 N–H and O–H groups in total. The molecule has 3 fully saturated rings. The third-order valence-electron chi connectivity index (χ3n) is 6.25. The molecule has 0 aromatic carbocycles. The van der Waals surface area contributed by atoms with Crippen LogP contribution in [-0.4, -0.2) is 48.1 Å². The molecule has 2 saturated heterocycles. The van der Waals surface area contributed by atoms with Gasteiger partial charge in [-0.2, -0.15) is 0 Å². The maximum absolute atomic E-state index is 12.7. The molecule has 5 heteroatoms. The summed E-state index contributed by atoms with van der Waals surface area (Å²) in [6, 6.07) is 0. The lowest BCUT2D eigenvalue weighted by molar-refractivity contribution is -0.155. The third-order valence-corrected chi connectivity index (χ3v) is 6.25. The number of carboxylic acid groups (broad SMARTS) is 1. The summed E-state index contributed by atoms with van der Waals surface area (Å²) in [6.07, 6.45) is 5.14. The maximum Gasteiger partial charge on any atom is 0.309 e. The van der Waals surface area contributed by atoms with Gasteiger partial charge in [-0.15, -0.1) is 0 Å². The highest BCUT2D eigenvalue weighted by atomic mass is 16.4. The lowest BCUT2D eigenvalue weighted by Gasteiger charge is -2.38. The van der Waals surface area contributed by atoms with Crippen LogP contribution in [0.4, 0.5) is 0 Å². The molecule has 1 spiro atoms. The Hall–Kier alpha value is -1.10. The SMILES string of the molecule is CCC1(C(=O)O)CCN(C(=O)C2CC23CCNCC3)CC1. The summed E-state index contributed by atoms with van der Waals surface area (Å²) in [5.74, 6) is -0.205. The molecule has 1 aliphatic carbocycles. The van der Waals surface area contributed by atoms with Crippen molar-refractivity contribution in [2.24, 2.45) is 16.7 Å². The first-order valence-electron chi connectivity index (χ1n) is 8.26. The van der Waals surface area contributed by atoms with Gasteiger partial charge >= 0.3 is 5.97 Å². The topological polar surface area (TPSA) is 69.6 Å². The summed E-state index contributed by atoms with van der Waals surface area (Å²) in [6.45, 7) is 5.23. The van der Waals surface area contributed by atoms with Gasteiger partial charge in [0, 0.05) is 19.0 Å². The van der Waals surface area contributed by atoms with Crippen molar-refractivity contribution in [1.82, 2.24) is 10.2 Å². The minimum atomic E-state index is -0.696. The van der Waals surface area contributed by atoms with E-state index in [2.05, 4.69) is 5.32 Å². The minimum Gasteiger partial charge on any atom is -0.481 e. The third kappa shape index (κ3) is 2.45. The van der Waals surface area contributed by atoms with E-state index in [1.807, 2.05) is 11.8 Å². The highest BCUT2D eigenvalue weighted by molar-refractivity contribution is 5.83. The van der Waals surface area contributed by atoms with E-state index >= 15 is 0 Å². The molecule has 0 aromatic heterocycles. The molecule has 5 nitrogen and oxygen atoms in total. The zero-order valence-corrected chi connectivity index (χ0v) is 12.9. The van der Waals surface area contributed by atoms with Crippen LogP contribution in [0, 0.1) is 16.7 Å². The Bertz CT molecular complexity index is 435. The number of carboxylic acids is 1. The average molecular weight is 294 g/mol. The Kier molecular flexibility index (Phi) is 3.72. The van der Waals surface area contributed by atoms with E-state index in [-0.39, 0.29) is 17.2 Å². The molecule has 2 heterocycles. The first-order valence-corrected chi connectivity index (χ1v) is 8.26. The summed E-state index contributed by atoms with van der Waals surface area (Å²) in [4.78, 5) is 26.1. The number of nitrogens with one attached hydrogen (secondary N) is 1. The van der Waals surface area contributed by atoms with Crippen molar-refractivity contribution < 1.29 is 14.7 Å². The molecular formula is C16H26N2O3. The van der Waals surface area contributed by atoms with Crippen LogP contribution in [-0.2, 0) is 9.59 Å². The quantitative estimate of drug-likeness (QED) is 0.827. The second-order valence-electron chi connectivity index (χ2n) is 7.13. The van der Waals surface area contributed by atoms with Gasteiger partial charge in [0.05, 0.1) is 5.41 Å². The summed E-state index contributed by atoms with van der Waals surface area (Å²) in [5, 5.41) is 12.8. The Morgan fingerprint density at radius 2 is 1.81 bits per heavy atom. The molecule has 1 atom stereocenters. The van der Waals surface area contributed by atoms with E-state index in [4.69, 9.17) is 0 Å². The minimum absolute atomic E-state index is 0.207. The van der Waals surface area contributed by atoms with Crippen molar-refractivity contribution in [3.63, 3.8) is 0 Å². The first kappa shape index (κ1) is 14.8. The van der Waals surface area contributed by atoms with Crippen LogP contribution in [0.3, 0.4) is 0 Å². The summed E-state index contributed by atoms with van der Waals surface area (Å²) in [5.41, 5.74) is -0.332. The molecule has 0 radical (unpaired) electrons. The number of carbonyl (C=O) groups excluding carboxylic acids is 1. The summed E-state index contributed by atoms with van der Waals surface area (Å²) < 4.78 is 0. The number of hydrogen-bond acceptors (Lipinski definition) is 3. The molecule has 1 unspecified atom stereocenters. The van der Waals surface area contributed by atoms with E-state index in [9.17, 15) is 14.7 Å². The van der Waals surface area contributed by atoms with Gasteiger partial charge in [-0.3, -0.25) is 9.59 Å². The fraction of sp³-hybridized carbons (Fsp3) is 0.875. The van der Waals surface area contributed by atoms with E-state index in [1.54, 1.807) is 0 Å². The molecular weight excluding hydrogens is 268 g/mol. The van der Waals surface area contributed by atoms with Gasteiger partial charge in [-0.1, -0.05) is 6.92 Å².